The van der Waals surface area contributed by atoms with Gasteiger partial charge >= 0.3 is 0 Å². The second kappa shape index (κ2) is 6.58. The predicted molar refractivity (Wildman–Crippen MR) is 78.9 cm³/mol. The van der Waals surface area contributed by atoms with Crippen LogP contribution >= 0.6 is 11.6 Å². The number of halogens is 1. The van der Waals surface area contributed by atoms with Gasteiger partial charge in [0.2, 0.25) is 0 Å². The second-order valence-corrected chi connectivity index (χ2v) is 4.82. The molecular formula is C16H18ClN. The lowest BCUT2D eigenvalue weighted by molar-refractivity contribution is 0.675. The Morgan fingerprint density at radius 3 is 2.50 bits per heavy atom. The molecule has 0 saturated heterocycles. The zero-order valence-electron chi connectivity index (χ0n) is 10.6. The van der Waals surface area contributed by atoms with E-state index in [1.807, 2.05) is 12.1 Å². The highest BCUT2D eigenvalue weighted by Gasteiger charge is 1.99. The van der Waals surface area contributed by atoms with E-state index >= 15 is 0 Å². The fourth-order valence-electron chi connectivity index (χ4n) is 1.91. The predicted octanol–water partition coefficient (Wildman–Crippen LogP) is 4.51. The minimum Gasteiger partial charge on any atom is -0.313 e. The lowest BCUT2D eigenvalue weighted by atomic mass is 10.0. The van der Waals surface area contributed by atoms with Gasteiger partial charge in [0.25, 0.3) is 0 Å². The largest absolute Gasteiger partial charge is 0.313 e. The molecule has 0 aliphatic carbocycles. The molecule has 1 N–H and O–H groups in total. The van der Waals surface area contributed by atoms with Crippen LogP contribution in [0.15, 0.2) is 48.5 Å². The summed E-state index contributed by atoms with van der Waals surface area (Å²) in [6.07, 6.45) is 1.16. The Morgan fingerprint density at radius 1 is 1.00 bits per heavy atom. The quantitative estimate of drug-likeness (QED) is 0.780. The Balaban J connectivity index is 2.13. The number of nitrogens with one attached hydrogen (secondary N) is 1. The maximum atomic E-state index is 5.90. The van der Waals surface area contributed by atoms with Crippen molar-refractivity contribution in [2.24, 2.45) is 0 Å². The lowest BCUT2D eigenvalue weighted by Crippen LogP contribution is -2.13. The molecule has 0 fully saturated rings. The van der Waals surface area contributed by atoms with Crippen LogP contribution in [-0.4, -0.2) is 6.54 Å². The maximum Gasteiger partial charge on any atom is 0.0406 e. The molecule has 1 nitrogen and oxygen atoms in total. The van der Waals surface area contributed by atoms with E-state index in [4.69, 9.17) is 11.6 Å². The van der Waals surface area contributed by atoms with Crippen LogP contribution in [0.3, 0.4) is 0 Å². The second-order valence-electron chi connectivity index (χ2n) is 4.38. The first-order valence-corrected chi connectivity index (χ1v) is 6.73. The third-order valence-electron chi connectivity index (χ3n) is 2.86. The van der Waals surface area contributed by atoms with Crippen LogP contribution in [0.25, 0.3) is 11.1 Å². The summed E-state index contributed by atoms with van der Waals surface area (Å²) >= 11 is 5.90. The van der Waals surface area contributed by atoms with Crippen LogP contribution in [-0.2, 0) is 6.54 Å². The highest BCUT2D eigenvalue weighted by molar-refractivity contribution is 6.30. The summed E-state index contributed by atoms with van der Waals surface area (Å²) in [5.41, 5.74) is 3.76. The third kappa shape index (κ3) is 3.59. The van der Waals surface area contributed by atoms with Crippen LogP contribution in [0.2, 0.25) is 5.02 Å². The zero-order chi connectivity index (χ0) is 12.8. The van der Waals surface area contributed by atoms with Crippen molar-refractivity contribution in [1.29, 1.82) is 0 Å². The van der Waals surface area contributed by atoms with Gasteiger partial charge in [0.15, 0.2) is 0 Å². The van der Waals surface area contributed by atoms with E-state index < -0.39 is 0 Å². The summed E-state index contributed by atoms with van der Waals surface area (Å²) in [5.74, 6) is 0. The van der Waals surface area contributed by atoms with E-state index in [0.717, 1.165) is 24.5 Å². The smallest absolute Gasteiger partial charge is 0.0406 e. The number of benzene rings is 2. The van der Waals surface area contributed by atoms with Crippen LogP contribution in [0.5, 0.6) is 0 Å². The van der Waals surface area contributed by atoms with Gasteiger partial charge in [0.05, 0.1) is 0 Å². The average molecular weight is 260 g/mol. The van der Waals surface area contributed by atoms with E-state index in [0.29, 0.717) is 0 Å². The van der Waals surface area contributed by atoms with Gasteiger partial charge in [-0.25, -0.2) is 0 Å². The summed E-state index contributed by atoms with van der Waals surface area (Å²) in [4.78, 5) is 0. The normalized spacial score (nSPS) is 10.6. The van der Waals surface area contributed by atoms with Crippen molar-refractivity contribution in [1.82, 2.24) is 5.32 Å². The van der Waals surface area contributed by atoms with E-state index in [1.54, 1.807) is 0 Å². The average Bonchev–Trinajstić information content (AvgIpc) is 2.40. The van der Waals surface area contributed by atoms with Crippen molar-refractivity contribution < 1.29 is 0 Å². The molecule has 18 heavy (non-hydrogen) atoms. The molecule has 2 heteroatoms. The van der Waals surface area contributed by atoms with E-state index in [1.165, 1.54) is 16.7 Å². The Morgan fingerprint density at radius 2 is 1.78 bits per heavy atom. The van der Waals surface area contributed by atoms with E-state index in [2.05, 4.69) is 48.6 Å². The monoisotopic (exact) mass is 259 g/mol. The molecule has 0 radical (unpaired) electrons. The van der Waals surface area contributed by atoms with Crippen molar-refractivity contribution in [3.05, 3.63) is 59.1 Å². The summed E-state index contributed by atoms with van der Waals surface area (Å²) in [5, 5.41) is 4.20. The fraction of sp³-hybridized carbons (Fsp3) is 0.250. The molecule has 94 valence electrons. The van der Waals surface area contributed by atoms with Gasteiger partial charge in [-0.15, -0.1) is 0 Å². The van der Waals surface area contributed by atoms with Crippen molar-refractivity contribution in [3.8, 4) is 11.1 Å². The molecule has 2 rings (SSSR count). The van der Waals surface area contributed by atoms with Crippen molar-refractivity contribution in [2.75, 3.05) is 6.54 Å². The number of hydrogen-bond acceptors (Lipinski definition) is 1. The van der Waals surface area contributed by atoms with Crippen LogP contribution in [0, 0.1) is 0 Å². The molecule has 0 spiro atoms. The molecule has 0 aromatic heterocycles. The first-order valence-electron chi connectivity index (χ1n) is 6.35. The Hall–Kier alpha value is -1.31. The molecule has 0 unspecified atom stereocenters. The first kappa shape index (κ1) is 13.1. The summed E-state index contributed by atoms with van der Waals surface area (Å²) in [6, 6.07) is 16.6. The molecule has 0 bridgehead atoms. The van der Waals surface area contributed by atoms with Gasteiger partial charge in [-0.05, 0) is 47.9 Å². The van der Waals surface area contributed by atoms with Gasteiger partial charge in [0.1, 0.15) is 0 Å². The van der Waals surface area contributed by atoms with Crippen LogP contribution < -0.4 is 5.32 Å². The van der Waals surface area contributed by atoms with Crippen LogP contribution in [0.4, 0.5) is 0 Å². The molecule has 0 amide bonds. The Labute approximate surface area is 114 Å². The number of rotatable bonds is 5. The minimum absolute atomic E-state index is 0.777. The van der Waals surface area contributed by atoms with Gasteiger partial charge < -0.3 is 5.32 Å². The SMILES string of the molecule is CCCNCc1cccc(-c2ccc(Cl)cc2)c1. The fourth-order valence-corrected chi connectivity index (χ4v) is 2.04. The minimum atomic E-state index is 0.777. The Bertz CT molecular complexity index is 491. The van der Waals surface area contributed by atoms with Crippen molar-refractivity contribution >= 4 is 11.6 Å². The molecule has 0 saturated carbocycles. The highest BCUT2D eigenvalue weighted by Crippen LogP contribution is 2.22. The zero-order valence-corrected chi connectivity index (χ0v) is 11.4. The topological polar surface area (TPSA) is 12.0 Å². The molecule has 0 aliphatic rings. The van der Waals surface area contributed by atoms with E-state index in [9.17, 15) is 0 Å². The molecule has 0 heterocycles. The van der Waals surface area contributed by atoms with Gasteiger partial charge in [-0.3, -0.25) is 0 Å². The summed E-state index contributed by atoms with van der Waals surface area (Å²) in [7, 11) is 0. The highest BCUT2D eigenvalue weighted by atomic mass is 35.5. The summed E-state index contributed by atoms with van der Waals surface area (Å²) < 4.78 is 0. The lowest BCUT2D eigenvalue weighted by Gasteiger charge is -2.07. The van der Waals surface area contributed by atoms with Gasteiger partial charge in [-0.2, -0.15) is 0 Å². The first-order chi connectivity index (χ1) is 8.79. The molecular weight excluding hydrogens is 242 g/mol. The number of hydrogen-bond donors (Lipinski definition) is 1. The standard InChI is InChI=1S/C16H18ClN/c1-2-10-18-12-13-4-3-5-15(11-13)14-6-8-16(17)9-7-14/h3-9,11,18H,2,10,12H2,1H3. The Kier molecular flexibility index (Phi) is 4.80. The third-order valence-corrected chi connectivity index (χ3v) is 3.11. The van der Waals surface area contributed by atoms with Crippen molar-refractivity contribution in [3.63, 3.8) is 0 Å². The van der Waals surface area contributed by atoms with Gasteiger partial charge in [-0.1, -0.05) is 48.9 Å². The molecule has 2 aromatic carbocycles. The molecule has 2 aromatic rings. The molecule has 0 atom stereocenters. The summed E-state index contributed by atoms with van der Waals surface area (Å²) in [6.45, 7) is 4.16. The van der Waals surface area contributed by atoms with Crippen LogP contribution in [0.1, 0.15) is 18.9 Å². The molecule has 0 aliphatic heterocycles. The maximum absolute atomic E-state index is 5.90. The van der Waals surface area contributed by atoms with E-state index in [-0.39, 0.29) is 0 Å². The van der Waals surface area contributed by atoms with Crippen molar-refractivity contribution in [2.45, 2.75) is 19.9 Å². The van der Waals surface area contributed by atoms with Gasteiger partial charge in [0, 0.05) is 11.6 Å².